The molecular weight excluding hydrogens is 244 g/mol. The molecule has 1 aliphatic rings. The maximum atomic E-state index is 12.5. The highest BCUT2D eigenvalue weighted by molar-refractivity contribution is 6.00. The SMILES string of the molecule is CC1(C)C(=O)NCCN1C(=O)c1cc(N)cc(N)c1. The van der Waals surface area contributed by atoms with Crippen LogP contribution in [0.15, 0.2) is 18.2 Å². The zero-order chi connectivity index (χ0) is 14.2. The molecule has 1 heterocycles. The van der Waals surface area contributed by atoms with Crippen LogP contribution in [-0.2, 0) is 4.79 Å². The number of amides is 2. The first-order chi connectivity index (χ1) is 8.82. The fourth-order valence-electron chi connectivity index (χ4n) is 2.21. The molecule has 0 spiro atoms. The molecule has 0 unspecified atom stereocenters. The smallest absolute Gasteiger partial charge is 0.254 e. The Kier molecular flexibility index (Phi) is 3.09. The van der Waals surface area contributed by atoms with E-state index in [0.717, 1.165) is 0 Å². The van der Waals surface area contributed by atoms with Crippen LogP contribution in [0.1, 0.15) is 24.2 Å². The minimum absolute atomic E-state index is 0.163. The van der Waals surface area contributed by atoms with Crippen LogP contribution in [0.5, 0.6) is 0 Å². The van der Waals surface area contributed by atoms with Crippen LogP contribution < -0.4 is 16.8 Å². The van der Waals surface area contributed by atoms with Gasteiger partial charge in [0.2, 0.25) is 5.91 Å². The molecule has 1 aliphatic heterocycles. The van der Waals surface area contributed by atoms with E-state index < -0.39 is 5.54 Å². The van der Waals surface area contributed by atoms with E-state index in [4.69, 9.17) is 11.5 Å². The molecule has 0 atom stereocenters. The second-order valence-electron chi connectivity index (χ2n) is 5.16. The lowest BCUT2D eigenvalue weighted by Crippen LogP contribution is -2.63. The van der Waals surface area contributed by atoms with Crippen LogP contribution in [0.3, 0.4) is 0 Å². The van der Waals surface area contributed by atoms with E-state index in [-0.39, 0.29) is 11.8 Å². The molecular formula is C13H18N4O2. The van der Waals surface area contributed by atoms with Crippen LogP contribution in [0.25, 0.3) is 0 Å². The Morgan fingerprint density at radius 2 is 1.84 bits per heavy atom. The normalized spacial score (nSPS) is 18.0. The molecule has 19 heavy (non-hydrogen) atoms. The molecule has 102 valence electrons. The molecule has 5 N–H and O–H groups in total. The molecule has 1 aromatic rings. The van der Waals surface area contributed by atoms with Crippen LogP contribution in [0.2, 0.25) is 0 Å². The summed E-state index contributed by atoms with van der Waals surface area (Å²) in [4.78, 5) is 25.9. The van der Waals surface area contributed by atoms with Crippen molar-refractivity contribution in [2.45, 2.75) is 19.4 Å². The maximum absolute atomic E-state index is 12.5. The lowest BCUT2D eigenvalue weighted by Gasteiger charge is -2.41. The average Bonchev–Trinajstić information content (AvgIpc) is 2.30. The Hall–Kier alpha value is -2.24. The Labute approximate surface area is 111 Å². The minimum atomic E-state index is -0.880. The van der Waals surface area contributed by atoms with Crippen molar-refractivity contribution in [1.29, 1.82) is 0 Å². The number of nitrogens with one attached hydrogen (secondary N) is 1. The lowest BCUT2D eigenvalue weighted by molar-refractivity contribution is -0.133. The quantitative estimate of drug-likeness (QED) is 0.629. The number of piperazine rings is 1. The molecule has 0 aliphatic carbocycles. The molecule has 2 amide bonds. The fourth-order valence-corrected chi connectivity index (χ4v) is 2.21. The van der Waals surface area contributed by atoms with Gasteiger partial charge in [-0.05, 0) is 32.0 Å². The van der Waals surface area contributed by atoms with E-state index in [1.807, 2.05) is 0 Å². The van der Waals surface area contributed by atoms with Crippen molar-refractivity contribution in [3.63, 3.8) is 0 Å². The largest absolute Gasteiger partial charge is 0.399 e. The highest BCUT2D eigenvalue weighted by atomic mass is 16.2. The van der Waals surface area contributed by atoms with Gasteiger partial charge in [0.15, 0.2) is 0 Å². The molecule has 0 saturated carbocycles. The van der Waals surface area contributed by atoms with Gasteiger partial charge in [-0.15, -0.1) is 0 Å². The van der Waals surface area contributed by atoms with Crippen LogP contribution in [-0.4, -0.2) is 35.3 Å². The van der Waals surface area contributed by atoms with Crippen LogP contribution >= 0.6 is 0 Å². The molecule has 0 aromatic heterocycles. The van der Waals surface area contributed by atoms with Gasteiger partial charge < -0.3 is 21.7 Å². The van der Waals surface area contributed by atoms with Gasteiger partial charge in [-0.3, -0.25) is 9.59 Å². The van der Waals surface area contributed by atoms with Gasteiger partial charge in [0.25, 0.3) is 5.91 Å². The summed E-state index contributed by atoms with van der Waals surface area (Å²) < 4.78 is 0. The van der Waals surface area contributed by atoms with Crippen molar-refractivity contribution in [2.75, 3.05) is 24.6 Å². The summed E-state index contributed by atoms with van der Waals surface area (Å²) in [5.41, 5.74) is 11.8. The first kappa shape index (κ1) is 13.2. The van der Waals surface area contributed by atoms with Crippen molar-refractivity contribution in [2.24, 2.45) is 0 Å². The second kappa shape index (κ2) is 4.46. The van der Waals surface area contributed by atoms with Gasteiger partial charge in [0.05, 0.1) is 0 Å². The molecule has 6 heteroatoms. The fraction of sp³-hybridized carbons (Fsp3) is 0.385. The third-order valence-corrected chi connectivity index (χ3v) is 3.32. The Bertz CT molecular complexity index is 519. The summed E-state index contributed by atoms with van der Waals surface area (Å²) in [6.45, 7) is 4.35. The molecule has 0 radical (unpaired) electrons. The molecule has 6 nitrogen and oxygen atoms in total. The first-order valence-corrected chi connectivity index (χ1v) is 6.08. The van der Waals surface area contributed by atoms with E-state index in [2.05, 4.69) is 5.32 Å². The number of hydrogen-bond acceptors (Lipinski definition) is 4. The Morgan fingerprint density at radius 3 is 2.42 bits per heavy atom. The molecule has 2 rings (SSSR count). The zero-order valence-corrected chi connectivity index (χ0v) is 11.1. The highest BCUT2D eigenvalue weighted by Gasteiger charge is 2.40. The van der Waals surface area contributed by atoms with Crippen molar-refractivity contribution in [1.82, 2.24) is 10.2 Å². The number of anilines is 2. The van der Waals surface area contributed by atoms with Crippen molar-refractivity contribution >= 4 is 23.2 Å². The van der Waals surface area contributed by atoms with Crippen molar-refractivity contribution in [3.05, 3.63) is 23.8 Å². The minimum Gasteiger partial charge on any atom is -0.399 e. The topological polar surface area (TPSA) is 101 Å². The van der Waals surface area contributed by atoms with Gasteiger partial charge >= 0.3 is 0 Å². The Morgan fingerprint density at radius 1 is 1.26 bits per heavy atom. The summed E-state index contributed by atoms with van der Waals surface area (Å²) >= 11 is 0. The van der Waals surface area contributed by atoms with Crippen molar-refractivity contribution in [3.8, 4) is 0 Å². The van der Waals surface area contributed by atoms with Gasteiger partial charge in [0.1, 0.15) is 5.54 Å². The number of nitrogen functional groups attached to an aromatic ring is 2. The summed E-state index contributed by atoms with van der Waals surface area (Å²) in [5, 5.41) is 2.75. The number of rotatable bonds is 1. The predicted molar refractivity (Wildman–Crippen MR) is 73.4 cm³/mol. The monoisotopic (exact) mass is 262 g/mol. The van der Waals surface area contributed by atoms with E-state index in [1.54, 1.807) is 36.9 Å². The number of carbonyl (C=O) groups is 2. The molecule has 1 saturated heterocycles. The van der Waals surface area contributed by atoms with Crippen LogP contribution in [0, 0.1) is 0 Å². The number of nitrogens with two attached hydrogens (primary N) is 2. The zero-order valence-electron chi connectivity index (χ0n) is 11.1. The third-order valence-electron chi connectivity index (χ3n) is 3.32. The van der Waals surface area contributed by atoms with Gasteiger partial charge in [0, 0.05) is 30.0 Å². The van der Waals surface area contributed by atoms with Crippen molar-refractivity contribution < 1.29 is 9.59 Å². The van der Waals surface area contributed by atoms with Gasteiger partial charge in [-0.25, -0.2) is 0 Å². The maximum Gasteiger partial charge on any atom is 0.254 e. The van der Waals surface area contributed by atoms with E-state index in [0.29, 0.717) is 30.0 Å². The number of hydrogen-bond donors (Lipinski definition) is 3. The summed E-state index contributed by atoms with van der Waals surface area (Å²) in [7, 11) is 0. The number of benzene rings is 1. The van der Waals surface area contributed by atoms with Crippen LogP contribution in [0.4, 0.5) is 11.4 Å². The highest BCUT2D eigenvalue weighted by Crippen LogP contribution is 2.22. The van der Waals surface area contributed by atoms with Gasteiger partial charge in [-0.1, -0.05) is 0 Å². The third kappa shape index (κ3) is 2.33. The second-order valence-corrected chi connectivity index (χ2v) is 5.16. The summed E-state index contributed by atoms with van der Waals surface area (Å²) in [5.74, 6) is -0.400. The van der Waals surface area contributed by atoms with E-state index in [9.17, 15) is 9.59 Å². The molecule has 0 bridgehead atoms. The molecule has 1 aromatic carbocycles. The van der Waals surface area contributed by atoms with E-state index in [1.165, 1.54) is 0 Å². The summed E-state index contributed by atoms with van der Waals surface area (Å²) in [6.07, 6.45) is 0. The Balaban J connectivity index is 2.35. The number of nitrogens with zero attached hydrogens (tertiary/aromatic N) is 1. The predicted octanol–water partition coefficient (Wildman–Crippen LogP) is 0.202. The first-order valence-electron chi connectivity index (χ1n) is 6.08. The standard InChI is InChI=1S/C13H18N4O2/c1-13(2)12(19)16-3-4-17(13)11(18)8-5-9(14)7-10(15)6-8/h5-7H,3-4,14-15H2,1-2H3,(H,16,19). The molecule has 1 fully saturated rings. The van der Waals surface area contributed by atoms with Gasteiger partial charge in [-0.2, -0.15) is 0 Å². The lowest BCUT2D eigenvalue weighted by atomic mass is 9.97. The van der Waals surface area contributed by atoms with E-state index >= 15 is 0 Å². The number of carbonyl (C=O) groups excluding carboxylic acids is 2. The average molecular weight is 262 g/mol. The summed E-state index contributed by atoms with van der Waals surface area (Å²) in [6, 6.07) is 4.73.